The lowest BCUT2D eigenvalue weighted by Crippen LogP contribution is -2.39. The molecule has 8 heteroatoms. The van der Waals surface area contributed by atoms with Gasteiger partial charge in [-0.15, -0.1) is 0 Å². The van der Waals surface area contributed by atoms with Crippen molar-refractivity contribution in [3.05, 3.63) is 30.5 Å². The van der Waals surface area contributed by atoms with Crippen LogP contribution in [0, 0.1) is 0 Å². The highest BCUT2D eigenvalue weighted by Gasteiger charge is 2.40. The zero-order valence-corrected chi connectivity index (χ0v) is 13.8. The number of aliphatic hydroxyl groups is 1. The molecule has 0 aromatic carbocycles. The number of fused-ring (bicyclic) bond motifs is 3. The zero-order chi connectivity index (χ0) is 17.0. The molecule has 1 fully saturated rings. The summed E-state index contributed by atoms with van der Waals surface area (Å²) < 4.78 is 7.13. The Labute approximate surface area is 144 Å². The van der Waals surface area contributed by atoms with Crippen LogP contribution in [0.25, 0.3) is 22.3 Å². The second-order valence-electron chi connectivity index (χ2n) is 6.44. The van der Waals surface area contributed by atoms with Gasteiger partial charge in [-0.2, -0.15) is 0 Å². The predicted molar refractivity (Wildman–Crippen MR) is 89.8 cm³/mol. The van der Waals surface area contributed by atoms with Gasteiger partial charge in [0.15, 0.2) is 5.65 Å². The van der Waals surface area contributed by atoms with Gasteiger partial charge in [-0.1, -0.05) is 0 Å². The van der Waals surface area contributed by atoms with E-state index in [9.17, 15) is 5.11 Å². The number of aromatic nitrogens is 5. The Morgan fingerprint density at radius 3 is 2.56 bits per heavy atom. The highest BCUT2D eigenvalue weighted by Crippen LogP contribution is 2.42. The Balaban J connectivity index is 1.73. The van der Waals surface area contributed by atoms with Crippen molar-refractivity contribution < 1.29 is 9.84 Å². The van der Waals surface area contributed by atoms with Gasteiger partial charge in [0.25, 0.3) is 0 Å². The number of nitrogens with zero attached hydrogens (tertiary/aromatic N) is 6. The minimum absolute atomic E-state index is 0.312. The van der Waals surface area contributed by atoms with Crippen LogP contribution in [0.1, 0.15) is 24.8 Å². The molecule has 1 atom stereocenters. The number of rotatable bonds is 3. The van der Waals surface area contributed by atoms with E-state index in [1.807, 2.05) is 0 Å². The third-order valence-electron chi connectivity index (χ3n) is 4.97. The Hall–Kier alpha value is -2.58. The molecule has 1 aliphatic heterocycles. The molecule has 1 N–H and O–H groups in total. The Morgan fingerprint density at radius 1 is 1.08 bits per heavy atom. The van der Waals surface area contributed by atoms with Gasteiger partial charge in [-0.25, -0.2) is 15.0 Å². The van der Waals surface area contributed by atoms with Crippen LogP contribution in [0.2, 0.25) is 0 Å². The fourth-order valence-electron chi connectivity index (χ4n) is 3.69. The largest absolute Gasteiger partial charge is 0.467 e. The summed E-state index contributed by atoms with van der Waals surface area (Å²) in [5.41, 5.74) is 4.04. The average molecular weight is 338 g/mol. The average Bonchev–Trinajstić information content (AvgIpc) is 3.44. The van der Waals surface area contributed by atoms with Gasteiger partial charge < -0.3 is 14.4 Å². The molecule has 0 amide bonds. The molecule has 1 aliphatic carbocycles. The van der Waals surface area contributed by atoms with E-state index in [4.69, 9.17) is 4.74 Å². The minimum Gasteiger partial charge on any atom is -0.467 e. The van der Waals surface area contributed by atoms with Crippen molar-refractivity contribution in [3.8, 4) is 17.1 Å². The maximum absolute atomic E-state index is 11.1. The normalized spacial score (nSPS) is 20.6. The van der Waals surface area contributed by atoms with Crippen molar-refractivity contribution in [2.24, 2.45) is 0 Å². The fourth-order valence-corrected chi connectivity index (χ4v) is 3.69. The van der Waals surface area contributed by atoms with Crippen LogP contribution >= 0.6 is 0 Å². The summed E-state index contributed by atoms with van der Waals surface area (Å²) in [4.78, 5) is 19.6. The number of hydrogen-bond donors (Lipinski definition) is 1. The fraction of sp³-hybridized carbons (Fsp3) is 0.412. The van der Waals surface area contributed by atoms with E-state index in [0.717, 1.165) is 53.9 Å². The van der Waals surface area contributed by atoms with E-state index in [0.29, 0.717) is 12.1 Å². The van der Waals surface area contributed by atoms with Gasteiger partial charge in [-0.3, -0.25) is 9.88 Å². The van der Waals surface area contributed by atoms with Gasteiger partial charge >= 0.3 is 6.01 Å². The number of aliphatic hydroxyl groups excluding tert-OH is 1. The monoisotopic (exact) mass is 338 g/mol. The molecule has 8 nitrogen and oxygen atoms in total. The van der Waals surface area contributed by atoms with Crippen molar-refractivity contribution in [2.75, 3.05) is 13.7 Å². The molecule has 1 saturated carbocycles. The van der Waals surface area contributed by atoms with Gasteiger partial charge in [0, 0.05) is 55.0 Å². The molecule has 0 saturated heterocycles. The van der Waals surface area contributed by atoms with E-state index < -0.39 is 6.23 Å². The molecule has 4 heterocycles. The molecular weight excluding hydrogens is 320 g/mol. The standard InChI is InChI=1S/C17H18N6O2/c1-25-17-20-8-10(9-21-17)12-13-15(19-5-4-18-13)23-7-6-22(11-2-3-11)16(24)14(12)23/h4-5,8-9,11,16,24H,2-3,6-7H2,1H3. The first kappa shape index (κ1) is 14.7. The molecule has 25 heavy (non-hydrogen) atoms. The quantitative estimate of drug-likeness (QED) is 0.771. The first-order chi connectivity index (χ1) is 12.3. The molecule has 0 radical (unpaired) electrons. The van der Waals surface area contributed by atoms with Crippen molar-refractivity contribution >= 4 is 11.2 Å². The highest BCUT2D eigenvalue weighted by atomic mass is 16.5. The lowest BCUT2D eigenvalue weighted by molar-refractivity contribution is -0.0256. The molecule has 3 aromatic heterocycles. The summed E-state index contributed by atoms with van der Waals surface area (Å²) in [6, 6.07) is 0.787. The summed E-state index contributed by atoms with van der Waals surface area (Å²) in [6.45, 7) is 1.60. The minimum atomic E-state index is -0.672. The van der Waals surface area contributed by atoms with E-state index >= 15 is 0 Å². The third kappa shape index (κ3) is 2.21. The molecule has 0 bridgehead atoms. The van der Waals surface area contributed by atoms with Crippen LogP contribution in [-0.4, -0.2) is 54.2 Å². The second kappa shape index (κ2) is 5.47. The summed E-state index contributed by atoms with van der Waals surface area (Å²) >= 11 is 0. The maximum Gasteiger partial charge on any atom is 0.316 e. The van der Waals surface area contributed by atoms with Gasteiger partial charge in [0.1, 0.15) is 11.7 Å². The number of hydrogen-bond acceptors (Lipinski definition) is 7. The molecule has 0 spiro atoms. The Bertz CT molecular complexity index is 934. The SMILES string of the molecule is COc1ncc(-c2c3n(c4nccnc24)CCN(C2CC2)C3O)cn1. The summed E-state index contributed by atoms with van der Waals surface area (Å²) in [6.07, 6.45) is 8.40. The predicted octanol–water partition coefficient (Wildman–Crippen LogP) is 1.37. The van der Waals surface area contributed by atoms with Crippen molar-refractivity contribution in [3.63, 3.8) is 0 Å². The van der Waals surface area contributed by atoms with Gasteiger partial charge in [0.2, 0.25) is 0 Å². The maximum atomic E-state index is 11.1. The molecule has 1 unspecified atom stereocenters. The van der Waals surface area contributed by atoms with Crippen LogP contribution in [0.15, 0.2) is 24.8 Å². The number of ether oxygens (including phenoxy) is 1. The Morgan fingerprint density at radius 2 is 1.84 bits per heavy atom. The first-order valence-electron chi connectivity index (χ1n) is 8.41. The van der Waals surface area contributed by atoms with E-state index in [1.54, 1.807) is 24.8 Å². The molecule has 2 aliphatic rings. The van der Waals surface area contributed by atoms with Crippen LogP contribution < -0.4 is 4.74 Å². The summed E-state index contributed by atoms with van der Waals surface area (Å²) in [5.74, 6) is 0. The lowest BCUT2D eigenvalue weighted by atomic mass is 10.1. The second-order valence-corrected chi connectivity index (χ2v) is 6.44. The lowest BCUT2D eigenvalue weighted by Gasteiger charge is -2.34. The third-order valence-corrected chi connectivity index (χ3v) is 4.97. The van der Waals surface area contributed by atoms with Gasteiger partial charge in [-0.05, 0) is 12.8 Å². The van der Waals surface area contributed by atoms with E-state index in [2.05, 4.69) is 29.4 Å². The molecule has 5 rings (SSSR count). The van der Waals surface area contributed by atoms with Crippen molar-refractivity contribution in [1.82, 2.24) is 29.4 Å². The zero-order valence-electron chi connectivity index (χ0n) is 13.8. The van der Waals surface area contributed by atoms with Crippen LogP contribution in [-0.2, 0) is 6.54 Å². The smallest absolute Gasteiger partial charge is 0.316 e. The number of methoxy groups -OCH3 is 1. The van der Waals surface area contributed by atoms with Crippen molar-refractivity contribution in [2.45, 2.75) is 31.7 Å². The molecular formula is C17H18N6O2. The van der Waals surface area contributed by atoms with Crippen LogP contribution in [0.3, 0.4) is 0 Å². The van der Waals surface area contributed by atoms with E-state index in [-0.39, 0.29) is 0 Å². The topological polar surface area (TPSA) is 89.2 Å². The van der Waals surface area contributed by atoms with Gasteiger partial charge in [0.05, 0.1) is 12.8 Å². The van der Waals surface area contributed by atoms with Crippen LogP contribution in [0.5, 0.6) is 6.01 Å². The van der Waals surface area contributed by atoms with Crippen LogP contribution in [0.4, 0.5) is 0 Å². The summed E-state index contributed by atoms with van der Waals surface area (Å²) in [7, 11) is 1.54. The van der Waals surface area contributed by atoms with E-state index in [1.165, 1.54) is 7.11 Å². The summed E-state index contributed by atoms with van der Waals surface area (Å²) in [5, 5.41) is 11.1. The first-order valence-corrected chi connectivity index (χ1v) is 8.41. The van der Waals surface area contributed by atoms with Crippen molar-refractivity contribution in [1.29, 1.82) is 0 Å². The highest BCUT2D eigenvalue weighted by molar-refractivity contribution is 5.93. The molecule has 128 valence electrons. The Kier molecular flexibility index (Phi) is 3.22. The molecule has 3 aromatic rings.